The van der Waals surface area contributed by atoms with Crippen LogP contribution >= 0.6 is 0 Å². The normalized spacial score (nSPS) is 22.1. The van der Waals surface area contributed by atoms with E-state index < -0.39 is 5.60 Å². The summed E-state index contributed by atoms with van der Waals surface area (Å²) in [6.07, 6.45) is 3.21. The third kappa shape index (κ3) is 4.19. The van der Waals surface area contributed by atoms with E-state index >= 15 is 0 Å². The van der Waals surface area contributed by atoms with E-state index in [0.717, 1.165) is 18.5 Å². The monoisotopic (exact) mass is 310 g/mol. The van der Waals surface area contributed by atoms with Crippen molar-refractivity contribution in [2.75, 3.05) is 13.1 Å². The first kappa shape index (κ1) is 16.7. The molecule has 1 aliphatic heterocycles. The lowest BCUT2D eigenvalue weighted by Gasteiger charge is -2.29. The Bertz CT molecular complexity index is 523. The molecule has 124 valence electrons. The lowest BCUT2D eigenvalue weighted by molar-refractivity contribution is -0.0539. The summed E-state index contributed by atoms with van der Waals surface area (Å²) in [5.41, 5.74) is -0.00486. The van der Waals surface area contributed by atoms with Gasteiger partial charge in [-0.05, 0) is 33.6 Å². The average Bonchev–Trinajstić information content (AvgIpc) is 3.02. The van der Waals surface area contributed by atoms with Crippen molar-refractivity contribution in [1.29, 1.82) is 0 Å². The molecule has 0 saturated carbocycles. The molecule has 0 aliphatic carbocycles. The molecule has 7 nitrogen and oxygen atoms in total. The van der Waals surface area contributed by atoms with Gasteiger partial charge in [0.1, 0.15) is 11.3 Å². The first-order valence-corrected chi connectivity index (χ1v) is 7.70. The van der Waals surface area contributed by atoms with E-state index in [9.17, 15) is 4.79 Å². The quantitative estimate of drug-likeness (QED) is 0.852. The zero-order valence-corrected chi connectivity index (χ0v) is 14.1. The van der Waals surface area contributed by atoms with E-state index in [1.165, 1.54) is 0 Å². The van der Waals surface area contributed by atoms with Gasteiger partial charge in [-0.15, -0.1) is 5.10 Å². The van der Waals surface area contributed by atoms with Gasteiger partial charge in [-0.2, -0.15) is 0 Å². The minimum absolute atomic E-state index is 0.272. The molecule has 2 heterocycles. The Balaban J connectivity index is 1.93. The summed E-state index contributed by atoms with van der Waals surface area (Å²) in [6, 6.07) is 0. The van der Waals surface area contributed by atoms with Crippen molar-refractivity contribution in [2.45, 2.75) is 58.3 Å². The van der Waals surface area contributed by atoms with Gasteiger partial charge in [0.2, 0.25) is 0 Å². The van der Waals surface area contributed by atoms with Crippen LogP contribution in [-0.2, 0) is 23.1 Å². The van der Waals surface area contributed by atoms with Gasteiger partial charge in [0, 0.05) is 13.6 Å². The van der Waals surface area contributed by atoms with E-state index in [1.807, 2.05) is 34.0 Å². The van der Waals surface area contributed by atoms with Crippen molar-refractivity contribution in [1.82, 2.24) is 19.9 Å². The van der Waals surface area contributed by atoms with Gasteiger partial charge in [-0.25, -0.2) is 4.79 Å². The van der Waals surface area contributed by atoms with E-state index in [4.69, 9.17) is 9.47 Å². The Hall–Kier alpha value is -1.63. The van der Waals surface area contributed by atoms with Crippen LogP contribution in [0.3, 0.4) is 0 Å². The number of aromatic nitrogens is 3. The molecule has 2 rings (SSSR count). The molecule has 1 saturated heterocycles. The average molecular weight is 310 g/mol. The van der Waals surface area contributed by atoms with Gasteiger partial charge in [-0.1, -0.05) is 12.1 Å². The summed E-state index contributed by atoms with van der Waals surface area (Å²) in [5, 5.41) is 7.92. The van der Waals surface area contributed by atoms with Crippen LogP contribution < -0.4 is 0 Å². The molecule has 0 spiro atoms. The maximum Gasteiger partial charge on any atom is 0.410 e. The summed E-state index contributed by atoms with van der Waals surface area (Å²) in [7, 11) is 1.83. The molecule has 0 N–H and O–H groups in total. The summed E-state index contributed by atoms with van der Waals surface area (Å²) in [6.45, 7) is 9.32. The maximum absolute atomic E-state index is 12.2. The minimum Gasteiger partial charge on any atom is -0.444 e. The zero-order chi connectivity index (χ0) is 16.4. The molecule has 0 bridgehead atoms. The van der Waals surface area contributed by atoms with Crippen molar-refractivity contribution in [3.63, 3.8) is 0 Å². The molecule has 1 unspecified atom stereocenters. The number of hydrogen-bond acceptors (Lipinski definition) is 5. The predicted octanol–water partition coefficient (Wildman–Crippen LogP) is 2.12. The fourth-order valence-electron chi connectivity index (χ4n) is 2.52. The highest BCUT2D eigenvalue weighted by Gasteiger charge is 2.41. The number of aryl methyl sites for hydroxylation is 1. The van der Waals surface area contributed by atoms with E-state index in [1.54, 1.807) is 9.58 Å². The number of carbonyl (C=O) groups is 1. The Kier molecular flexibility index (Phi) is 4.75. The van der Waals surface area contributed by atoms with Crippen LogP contribution in [0.15, 0.2) is 6.20 Å². The number of rotatable bonds is 4. The fourth-order valence-corrected chi connectivity index (χ4v) is 2.52. The van der Waals surface area contributed by atoms with Crippen LogP contribution in [0.4, 0.5) is 4.79 Å². The highest BCUT2D eigenvalue weighted by Crippen LogP contribution is 2.30. The second-order valence-electron chi connectivity index (χ2n) is 6.86. The molecule has 1 amide bonds. The third-order valence-corrected chi connectivity index (χ3v) is 3.79. The molecule has 1 aromatic rings. The fraction of sp³-hybridized carbons (Fsp3) is 0.800. The number of ether oxygens (including phenoxy) is 2. The van der Waals surface area contributed by atoms with Crippen LogP contribution in [0.2, 0.25) is 0 Å². The highest BCUT2D eigenvalue weighted by atomic mass is 16.6. The highest BCUT2D eigenvalue weighted by molar-refractivity contribution is 5.68. The second kappa shape index (κ2) is 6.24. The second-order valence-corrected chi connectivity index (χ2v) is 6.86. The number of likely N-dealkylation sites (tertiary alicyclic amines) is 1. The molecule has 1 atom stereocenters. The van der Waals surface area contributed by atoms with Gasteiger partial charge in [-0.3, -0.25) is 4.68 Å². The van der Waals surface area contributed by atoms with Crippen LogP contribution in [0.25, 0.3) is 0 Å². The number of amides is 1. The van der Waals surface area contributed by atoms with Gasteiger partial charge in [0.05, 0.1) is 24.9 Å². The molecular weight excluding hydrogens is 284 g/mol. The van der Waals surface area contributed by atoms with Gasteiger partial charge in [0.25, 0.3) is 0 Å². The summed E-state index contributed by atoms with van der Waals surface area (Å²) in [4.78, 5) is 13.9. The van der Waals surface area contributed by atoms with Gasteiger partial charge in [0.15, 0.2) is 0 Å². The molecule has 0 radical (unpaired) electrons. The van der Waals surface area contributed by atoms with Crippen LogP contribution in [-0.4, -0.2) is 50.3 Å². The van der Waals surface area contributed by atoms with Crippen molar-refractivity contribution >= 4 is 6.09 Å². The Labute approximate surface area is 131 Å². The predicted molar refractivity (Wildman–Crippen MR) is 81.2 cm³/mol. The molecule has 0 aromatic carbocycles. The maximum atomic E-state index is 12.2. The van der Waals surface area contributed by atoms with Crippen molar-refractivity contribution in [3.8, 4) is 0 Å². The van der Waals surface area contributed by atoms with Gasteiger partial charge < -0.3 is 14.4 Å². The molecule has 1 aliphatic rings. The van der Waals surface area contributed by atoms with Crippen LogP contribution in [0, 0.1) is 0 Å². The van der Waals surface area contributed by atoms with Crippen molar-refractivity contribution in [3.05, 3.63) is 11.9 Å². The zero-order valence-electron chi connectivity index (χ0n) is 14.1. The topological polar surface area (TPSA) is 69.5 Å². The van der Waals surface area contributed by atoms with E-state index in [2.05, 4.69) is 17.2 Å². The first-order valence-electron chi connectivity index (χ1n) is 7.70. The van der Waals surface area contributed by atoms with Crippen LogP contribution in [0.5, 0.6) is 0 Å². The van der Waals surface area contributed by atoms with E-state index in [-0.39, 0.29) is 11.7 Å². The van der Waals surface area contributed by atoms with Crippen LogP contribution in [0.1, 0.15) is 46.2 Å². The van der Waals surface area contributed by atoms with E-state index in [0.29, 0.717) is 19.7 Å². The molecule has 7 heteroatoms. The standard InChI is InChI=1S/C15H26N4O3/c1-6-15(21-10-12-9-18(5)17-16-12)7-8-19(11-15)13(20)22-14(2,3)4/h9H,6-8,10-11H2,1-5H3. The van der Waals surface area contributed by atoms with Gasteiger partial charge >= 0.3 is 6.09 Å². The smallest absolute Gasteiger partial charge is 0.410 e. The first-order chi connectivity index (χ1) is 10.2. The Morgan fingerprint density at radius 2 is 2.18 bits per heavy atom. The van der Waals surface area contributed by atoms with Crippen molar-refractivity contribution in [2.24, 2.45) is 7.05 Å². The Morgan fingerprint density at radius 1 is 1.45 bits per heavy atom. The summed E-state index contributed by atoms with van der Waals surface area (Å²) < 4.78 is 13.2. The Morgan fingerprint density at radius 3 is 2.73 bits per heavy atom. The summed E-state index contributed by atoms with van der Waals surface area (Å²) >= 11 is 0. The molecule has 1 aromatic heterocycles. The summed E-state index contributed by atoms with van der Waals surface area (Å²) in [5.74, 6) is 0. The number of carbonyl (C=O) groups excluding carboxylic acids is 1. The number of hydrogen-bond donors (Lipinski definition) is 0. The molecule has 1 fully saturated rings. The largest absolute Gasteiger partial charge is 0.444 e. The third-order valence-electron chi connectivity index (χ3n) is 3.79. The number of nitrogens with zero attached hydrogens (tertiary/aromatic N) is 4. The SMILES string of the molecule is CCC1(OCc2cn(C)nn2)CCN(C(=O)OC(C)(C)C)C1. The minimum atomic E-state index is -0.477. The van der Waals surface area contributed by atoms with Crippen molar-refractivity contribution < 1.29 is 14.3 Å². The lowest BCUT2D eigenvalue weighted by atomic mass is 10.00. The molecular formula is C15H26N4O3. The lowest BCUT2D eigenvalue weighted by Crippen LogP contribution is -2.40. The molecule has 22 heavy (non-hydrogen) atoms.